The maximum Gasteiger partial charge on any atom is 0.497 e. The Labute approximate surface area is 100 Å². The zero-order valence-electron chi connectivity index (χ0n) is 6.92. The molecule has 0 saturated carbocycles. The molecule has 0 fully saturated rings. The van der Waals surface area contributed by atoms with Gasteiger partial charge in [-0.05, 0) is 0 Å². The zero-order chi connectivity index (χ0) is 12.3. The van der Waals surface area contributed by atoms with E-state index < -0.39 is 37.4 Å². The largest absolute Gasteiger partial charge is 0.497 e. The number of halogens is 5. The minimum Gasteiger partial charge on any atom is -0.463 e. The molecule has 0 bridgehead atoms. The van der Waals surface area contributed by atoms with E-state index in [-0.39, 0.29) is 0 Å². The summed E-state index contributed by atoms with van der Waals surface area (Å²) >= 11 is 5.46. The first-order chi connectivity index (χ1) is 6.58. The summed E-state index contributed by atoms with van der Waals surface area (Å²) in [7, 11) is -5.23. The SMILES string of the molecule is O=C(OCCS(=O)(=O)C(F)(F)F)C(Br)Br. The van der Waals surface area contributed by atoms with Crippen LogP contribution >= 0.6 is 31.9 Å². The van der Waals surface area contributed by atoms with E-state index in [2.05, 4.69) is 36.6 Å². The highest BCUT2D eigenvalue weighted by Gasteiger charge is 2.45. The Morgan fingerprint density at radius 3 is 2.13 bits per heavy atom. The fourth-order valence-electron chi connectivity index (χ4n) is 0.431. The van der Waals surface area contributed by atoms with Gasteiger partial charge in [-0.25, -0.2) is 13.2 Å². The maximum atomic E-state index is 11.8. The van der Waals surface area contributed by atoms with E-state index in [1.165, 1.54) is 0 Å². The second-order valence-electron chi connectivity index (χ2n) is 2.23. The lowest BCUT2D eigenvalue weighted by Gasteiger charge is -2.08. The average Bonchev–Trinajstić information content (AvgIpc) is 2.01. The third-order valence-electron chi connectivity index (χ3n) is 1.13. The van der Waals surface area contributed by atoms with Gasteiger partial charge in [-0.3, -0.25) is 0 Å². The summed E-state index contributed by atoms with van der Waals surface area (Å²) in [5, 5.41) is 0. The molecular weight excluding hydrogens is 373 g/mol. The number of ether oxygens (including phenoxy) is 1. The minimum absolute atomic E-state index is 0.839. The van der Waals surface area contributed by atoms with Crippen LogP contribution in [0.4, 0.5) is 13.2 Å². The molecule has 0 heterocycles. The van der Waals surface area contributed by atoms with Crippen molar-refractivity contribution in [2.75, 3.05) is 12.4 Å². The van der Waals surface area contributed by atoms with E-state index in [4.69, 9.17) is 0 Å². The summed E-state index contributed by atoms with van der Waals surface area (Å²) in [6, 6.07) is 0. The second-order valence-corrected chi connectivity index (χ2v) is 7.39. The molecule has 0 N–H and O–H groups in total. The molecular formula is C5H5Br2F3O4S. The first kappa shape index (κ1) is 15.2. The lowest BCUT2D eigenvalue weighted by Crippen LogP contribution is -2.29. The van der Waals surface area contributed by atoms with E-state index in [1.54, 1.807) is 0 Å². The lowest BCUT2D eigenvalue weighted by atomic mass is 10.8. The Kier molecular flexibility index (Phi) is 5.55. The van der Waals surface area contributed by atoms with Crippen LogP contribution < -0.4 is 0 Å². The van der Waals surface area contributed by atoms with Gasteiger partial charge in [-0.2, -0.15) is 13.2 Å². The molecule has 0 unspecified atom stereocenters. The van der Waals surface area contributed by atoms with Crippen LogP contribution in [0.2, 0.25) is 0 Å². The van der Waals surface area contributed by atoms with Gasteiger partial charge in [-0.1, -0.05) is 31.9 Å². The van der Waals surface area contributed by atoms with Gasteiger partial charge in [0.1, 0.15) is 6.61 Å². The number of esters is 1. The quantitative estimate of drug-likeness (QED) is 0.551. The molecule has 0 saturated heterocycles. The molecule has 0 atom stereocenters. The topological polar surface area (TPSA) is 60.4 Å². The summed E-state index contributed by atoms with van der Waals surface area (Å²) in [6.45, 7) is -0.839. The van der Waals surface area contributed by atoms with Crippen LogP contribution in [0.25, 0.3) is 0 Å². The van der Waals surface area contributed by atoms with Gasteiger partial charge in [0, 0.05) is 0 Å². The zero-order valence-corrected chi connectivity index (χ0v) is 10.9. The van der Waals surface area contributed by atoms with Crippen molar-refractivity contribution in [2.24, 2.45) is 0 Å². The van der Waals surface area contributed by atoms with E-state index in [0.29, 0.717) is 0 Å². The number of alkyl halides is 5. The monoisotopic (exact) mass is 376 g/mol. The van der Waals surface area contributed by atoms with Crippen LogP contribution in [0.15, 0.2) is 0 Å². The van der Waals surface area contributed by atoms with Gasteiger partial charge in [0.2, 0.25) is 0 Å². The normalized spacial score (nSPS) is 12.9. The molecule has 90 valence electrons. The van der Waals surface area contributed by atoms with E-state index in [9.17, 15) is 26.4 Å². The summed E-state index contributed by atoms with van der Waals surface area (Å²) in [4.78, 5) is 10.7. The summed E-state index contributed by atoms with van der Waals surface area (Å²) in [6.07, 6.45) is 0. The van der Waals surface area contributed by atoms with Crippen LogP contribution in [0.1, 0.15) is 0 Å². The number of carbonyl (C=O) groups is 1. The van der Waals surface area contributed by atoms with Crippen molar-refractivity contribution in [3.05, 3.63) is 0 Å². The number of hydrogen-bond acceptors (Lipinski definition) is 4. The molecule has 0 spiro atoms. The van der Waals surface area contributed by atoms with Crippen molar-refractivity contribution in [3.63, 3.8) is 0 Å². The predicted octanol–water partition coefficient (Wildman–Crippen LogP) is 1.58. The van der Waals surface area contributed by atoms with Crippen molar-refractivity contribution in [1.29, 1.82) is 0 Å². The van der Waals surface area contributed by atoms with Crippen molar-refractivity contribution < 1.29 is 31.1 Å². The third kappa shape index (κ3) is 5.16. The van der Waals surface area contributed by atoms with Gasteiger partial charge < -0.3 is 4.74 Å². The van der Waals surface area contributed by atoms with Gasteiger partial charge in [-0.15, -0.1) is 0 Å². The average molecular weight is 378 g/mol. The maximum absolute atomic E-state index is 11.8. The molecule has 0 aromatic heterocycles. The lowest BCUT2D eigenvalue weighted by molar-refractivity contribution is -0.140. The molecule has 15 heavy (non-hydrogen) atoms. The number of rotatable bonds is 4. The number of carbonyl (C=O) groups excluding carboxylic acids is 1. The highest BCUT2D eigenvalue weighted by molar-refractivity contribution is 9.25. The van der Waals surface area contributed by atoms with Crippen molar-refractivity contribution >= 4 is 47.7 Å². The highest BCUT2D eigenvalue weighted by atomic mass is 79.9. The molecule has 0 amide bonds. The van der Waals surface area contributed by atoms with Crippen LogP contribution in [0.5, 0.6) is 0 Å². The first-order valence-corrected chi connectivity index (χ1v) is 6.80. The Hall–Kier alpha value is 0.170. The fraction of sp³-hybridized carbons (Fsp3) is 0.800. The standard InChI is InChI=1S/C5H5Br2F3O4S/c6-3(7)4(11)14-1-2-15(12,13)5(8,9)10/h3H,1-2H2. The number of hydrogen-bond donors (Lipinski definition) is 0. The smallest absolute Gasteiger partial charge is 0.463 e. The van der Waals surface area contributed by atoms with E-state index >= 15 is 0 Å². The van der Waals surface area contributed by atoms with Gasteiger partial charge in [0.15, 0.2) is 3.74 Å². The highest BCUT2D eigenvalue weighted by Crippen LogP contribution is 2.23. The number of sulfone groups is 1. The van der Waals surface area contributed by atoms with Crippen LogP contribution in [-0.2, 0) is 19.4 Å². The summed E-state index contributed by atoms with van der Waals surface area (Å²) in [5.74, 6) is -2.18. The summed E-state index contributed by atoms with van der Waals surface area (Å²) < 4.78 is 59.6. The minimum atomic E-state index is -5.32. The van der Waals surface area contributed by atoms with Crippen LogP contribution in [-0.4, -0.2) is 36.0 Å². The Morgan fingerprint density at radius 2 is 1.80 bits per heavy atom. The van der Waals surface area contributed by atoms with E-state index in [1.807, 2.05) is 0 Å². The molecule has 0 rings (SSSR count). The van der Waals surface area contributed by atoms with Crippen molar-refractivity contribution in [2.45, 2.75) is 9.24 Å². The first-order valence-electron chi connectivity index (χ1n) is 3.32. The Bertz CT molecular complexity index is 324. The van der Waals surface area contributed by atoms with Crippen molar-refractivity contribution in [3.8, 4) is 0 Å². The fourth-order valence-corrected chi connectivity index (χ4v) is 1.23. The van der Waals surface area contributed by atoms with Crippen LogP contribution in [0.3, 0.4) is 0 Å². The van der Waals surface area contributed by atoms with Gasteiger partial charge >= 0.3 is 11.5 Å². The molecule has 0 radical (unpaired) electrons. The molecule has 0 aliphatic carbocycles. The van der Waals surface area contributed by atoms with E-state index in [0.717, 1.165) is 0 Å². The molecule has 10 heteroatoms. The van der Waals surface area contributed by atoms with Crippen LogP contribution in [0, 0.1) is 0 Å². The Balaban J connectivity index is 4.15. The molecule has 0 aliphatic rings. The predicted molar refractivity (Wildman–Crippen MR) is 52.4 cm³/mol. The third-order valence-corrected chi connectivity index (χ3v) is 3.28. The van der Waals surface area contributed by atoms with Gasteiger partial charge in [0.05, 0.1) is 5.75 Å². The Morgan fingerprint density at radius 1 is 1.33 bits per heavy atom. The molecule has 0 aliphatic heterocycles. The molecule has 0 aromatic rings. The molecule has 0 aromatic carbocycles. The van der Waals surface area contributed by atoms with Crippen molar-refractivity contribution in [1.82, 2.24) is 0 Å². The second kappa shape index (κ2) is 5.48. The van der Waals surface area contributed by atoms with Gasteiger partial charge in [0.25, 0.3) is 9.84 Å². The molecule has 4 nitrogen and oxygen atoms in total. The summed E-state index contributed by atoms with van der Waals surface area (Å²) in [5.41, 5.74) is -5.32.